The predicted octanol–water partition coefficient (Wildman–Crippen LogP) is 4.97. The summed E-state index contributed by atoms with van der Waals surface area (Å²) in [7, 11) is 1.95. The van der Waals surface area contributed by atoms with Crippen LogP contribution in [0.5, 0.6) is 0 Å². The number of para-hydroxylation sites is 1. The van der Waals surface area contributed by atoms with Crippen molar-refractivity contribution >= 4 is 34.6 Å². The van der Waals surface area contributed by atoms with E-state index in [0.717, 1.165) is 28.1 Å². The van der Waals surface area contributed by atoms with Gasteiger partial charge >= 0.3 is 0 Å². The average Bonchev–Trinajstić information content (AvgIpc) is 3.07. The number of nitrogens with one attached hydrogen (secondary N) is 1. The molecule has 3 aromatic rings. The summed E-state index contributed by atoms with van der Waals surface area (Å²) in [5, 5.41) is 8.98. The van der Waals surface area contributed by atoms with E-state index in [9.17, 15) is 0 Å². The maximum absolute atomic E-state index is 6.36. The molecule has 0 spiro atoms. The molecule has 26 heavy (non-hydrogen) atoms. The second-order valence-corrected chi connectivity index (χ2v) is 7.15. The monoisotopic (exact) mass is 384 g/mol. The molecule has 0 saturated heterocycles. The van der Waals surface area contributed by atoms with E-state index in [-0.39, 0.29) is 0 Å². The number of nitrogens with zero attached hydrogens (tertiary/aromatic N) is 3. The van der Waals surface area contributed by atoms with Crippen LogP contribution in [-0.4, -0.2) is 26.8 Å². The van der Waals surface area contributed by atoms with E-state index in [1.807, 2.05) is 79.3 Å². The smallest absolute Gasteiger partial charge is 0.173 e. The van der Waals surface area contributed by atoms with Gasteiger partial charge in [-0.15, -0.1) is 0 Å². The van der Waals surface area contributed by atoms with Crippen molar-refractivity contribution in [3.8, 4) is 5.69 Å². The fourth-order valence-electron chi connectivity index (χ4n) is 2.79. The van der Waals surface area contributed by atoms with Gasteiger partial charge in [0.2, 0.25) is 0 Å². The van der Waals surface area contributed by atoms with Gasteiger partial charge in [0, 0.05) is 25.4 Å². The van der Waals surface area contributed by atoms with E-state index in [1.54, 1.807) is 0 Å². The first kappa shape index (κ1) is 18.4. The first-order valence-corrected chi connectivity index (χ1v) is 9.10. The average molecular weight is 385 g/mol. The number of rotatable bonds is 4. The van der Waals surface area contributed by atoms with Gasteiger partial charge in [-0.1, -0.05) is 35.9 Å². The molecular weight excluding hydrogens is 364 g/mol. The molecule has 0 atom stereocenters. The zero-order valence-corrected chi connectivity index (χ0v) is 16.6. The molecule has 134 valence electrons. The van der Waals surface area contributed by atoms with E-state index in [4.69, 9.17) is 23.8 Å². The highest BCUT2D eigenvalue weighted by atomic mass is 35.5. The molecule has 0 bridgehead atoms. The summed E-state index contributed by atoms with van der Waals surface area (Å²) >= 11 is 11.9. The minimum Gasteiger partial charge on any atom is -0.348 e. The highest BCUT2D eigenvalue weighted by Crippen LogP contribution is 2.27. The summed E-state index contributed by atoms with van der Waals surface area (Å²) < 4.78 is 1.86. The van der Waals surface area contributed by atoms with Crippen LogP contribution in [-0.2, 0) is 6.54 Å². The van der Waals surface area contributed by atoms with Crippen LogP contribution in [0.25, 0.3) is 5.69 Å². The van der Waals surface area contributed by atoms with Crippen LogP contribution in [0, 0.1) is 13.8 Å². The molecule has 1 heterocycles. The maximum Gasteiger partial charge on any atom is 0.173 e. The van der Waals surface area contributed by atoms with Gasteiger partial charge in [-0.05, 0) is 55.4 Å². The minimum atomic E-state index is 0.617. The number of aryl methyl sites for hydroxylation is 2. The molecule has 0 saturated carbocycles. The number of aromatic nitrogens is 2. The van der Waals surface area contributed by atoms with Crippen molar-refractivity contribution in [2.45, 2.75) is 20.4 Å². The van der Waals surface area contributed by atoms with Crippen molar-refractivity contribution in [1.29, 1.82) is 0 Å². The second kappa shape index (κ2) is 7.89. The van der Waals surface area contributed by atoms with Gasteiger partial charge in [-0.25, -0.2) is 4.68 Å². The van der Waals surface area contributed by atoms with Gasteiger partial charge in [0.1, 0.15) is 0 Å². The Balaban J connectivity index is 1.68. The minimum absolute atomic E-state index is 0.617. The topological polar surface area (TPSA) is 33.1 Å². The third-order valence-corrected chi connectivity index (χ3v) is 4.80. The number of hydrogen-bond acceptors (Lipinski definition) is 2. The quantitative estimate of drug-likeness (QED) is 0.643. The Morgan fingerprint density at radius 2 is 1.96 bits per heavy atom. The Morgan fingerprint density at radius 3 is 2.65 bits per heavy atom. The van der Waals surface area contributed by atoms with Crippen LogP contribution < -0.4 is 5.32 Å². The Bertz CT molecular complexity index is 898. The molecule has 1 N–H and O–H groups in total. The van der Waals surface area contributed by atoms with Crippen LogP contribution in [0.1, 0.15) is 16.7 Å². The Kier molecular flexibility index (Phi) is 5.59. The summed E-state index contributed by atoms with van der Waals surface area (Å²) in [5.41, 5.74) is 5.17. The summed E-state index contributed by atoms with van der Waals surface area (Å²) in [5.74, 6) is 0. The van der Waals surface area contributed by atoms with E-state index in [1.165, 1.54) is 0 Å². The van der Waals surface area contributed by atoms with Crippen molar-refractivity contribution in [1.82, 2.24) is 14.7 Å². The SMILES string of the molecule is Cc1cc(C)c(NC(=S)N(C)Cc2cnn(-c3ccccc3)c2)c(Cl)c1. The fourth-order valence-corrected chi connectivity index (χ4v) is 3.32. The highest BCUT2D eigenvalue weighted by Gasteiger charge is 2.11. The third-order valence-electron chi connectivity index (χ3n) is 4.09. The molecule has 0 amide bonds. The molecule has 3 rings (SSSR count). The highest BCUT2D eigenvalue weighted by molar-refractivity contribution is 7.80. The van der Waals surface area contributed by atoms with Gasteiger partial charge in [0.25, 0.3) is 0 Å². The summed E-state index contributed by atoms with van der Waals surface area (Å²) in [4.78, 5) is 1.97. The zero-order valence-electron chi connectivity index (χ0n) is 15.0. The second-order valence-electron chi connectivity index (χ2n) is 6.35. The normalized spacial score (nSPS) is 10.6. The Morgan fingerprint density at radius 1 is 1.23 bits per heavy atom. The largest absolute Gasteiger partial charge is 0.348 e. The molecule has 6 heteroatoms. The first-order chi connectivity index (χ1) is 12.4. The molecule has 0 unspecified atom stereocenters. The first-order valence-electron chi connectivity index (χ1n) is 8.32. The molecule has 0 radical (unpaired) electrons. The van der Waals surface area contributed by atoms with Gasteiger partial charge < -0.3 is 10.2 Å². The lowest BCUT2D eigenvalue weighted by atomic mass is 10.1. The summed E-state index contributed by atoms with van der Waals surface area (Å²) in [6, 6.07) is 14.0. The van der Waals surface area contributed by atoms with Crippen LogP contribution >= 0.6 is 23.8 Å². The van der Waals surface area contributed by atoms with Gasteiger partial charge in [0.15, 0.2) is 5.11 Å². The number of halogens is 1. The molecule has 0 aliphatic carbocycles. The third kappa shape index (κ3) is 4.23. The van der Waals surface area contributed by atoms with Crippen molar-refractivity contribution in [3.63, 3.8) is 0 Å². The predicted molar refractivity (Wildman–Crippen MR) is 112 cm³/mol. The van der Waals surface area contributed by atoms with Crippen molar-refractivity contribution < 1.29 is 0 Å². The van der Waals surface area contributed by atoms with Crippen LogP contribution in [0.4, 0.5) is 5.69 Å². The summed E-state index contributed by atoms with van der Waals surface area (Å²) in [6.07, 6.45) is 3.87. The van der Waals surface area contributed by atoms with Crippen LogP contribution in [0.15, 0.2) is 54.9 Å². The fraction of sp³-hybridized carbons (Fsp3) is 0.200. The molecule has 1 aromatic heterocycles. The number of benzene rings is 2. The van der Waals surface area contributed by atoms with Gasteiger partial charge in [0.05, 0.1) is 22.6 Å². The lowest BCUT2D eigenvalue weighted by Crippen LogP contribution is -2.30. The van der Waals surface area contributed by atoms with Crippen molar-refractivity contribution in [2.24, 2.45) is 0 Å². The van der Waals surface area contributed by atoms with E-state index in [2.05, 4.69) is 16.5 Å². The number of hydrogen-bond donors (Lipinski definition) is 1. The van der Waals surface area contributed by atoms with Gasteiger partial charge in [-0.2, -0.15) is 5.10 Å². The molecule has 0 aliphatic rings. The van der Waals surface area contributed by atoms with E-state index in [0.29, 0.717) is 16.7 Å². The van der Waals surface area contributed by atoms with Crippen LogP contribution in [0.3, 0.4) is 0 Å². The Labute approximate surface area is 164 Å². The van der Waals surface area contributed by atoms with Gasteiger partial charge in [-0.3, -0.25) is 0 Å². The molecule has 2 aromatic carbocycles. The van der Waals surface area contributed by atoms with Crippen molar-refractivity contribution in [3.05, 3.63) is 76.6 Å². The molecule has 0 aliphatic heterocycles. The molecular formula is C20H21ClN4S. The lowest BCUT2D eigenvalue weighted by Gasteiger charge is -2.22. The Hall–Kier alpha value is -2.37. The van der Waals surface area contributed by atoms with Crippen molar-refractivity contribution in [2.75, 3.05) is 12.4 Å². The number of thiocarbonyl (C=S) groups is 1. The standard InChI is InChI=1S/C20H21ClN4S/c1-14-9-15(2)19(18(21)10-14)23-20(26)24(3)12-16-11-22-25(13-16)17-7-5-4-6-8-17/h4-11,13H,12H2,1-3H3,(H,23,26). The number of anilines is 1. The maximum atomic E-state index is 6.36. The molecule has 4 nitrogen and oxygen atoms in total. The van der Waals surface area contributed by atoms with E-state index < -0.39 is 0 Å². The zero-order chi connectivity index (χ0) is 18.7. The van der Waals surface area contributed by atoms with E-state index >= 15 is 0 Å². The summed E-state index contributed by atoms with van der Waals surface area (Å²) in [6.45, 7) is 4.70. The lowest BCUT2D eigenvalue weighted by molar-refractivity contribution is 0.508. The van der Waals surface area contributed by atoms with Crippen LogP contribution in [0.2, 0.25) is 5.02 Å². The molecule has 0 fully saturated rings.